The van der Waals surface area contributed by atoms with E-state index in [-0.39, 0.29) is 43.4 Å². The van der Waals surface area contributed by atoms with Crippen LogP contribution in [-0.2, 0) is 23.6 Å². The number of hydrogen-bond acceptors (Lipinski definition) is 6. The lowest BCUT2D eigenvalue weighted by molar-refractivity contribution is -0.144. The van der Waals surface area contributed by atoms with Gasteiger partial charge in [-0.2, -0.15) is 0 Å². The number of carbonyl (C=O) groups is 4. The Morgan fingerprint density at radius 2 is 1.62 bits per heavy atom. The van der Waals surface area contributed by atoms with Crippen LogP contribution >= 0.6 is 0 Å². The third-order valence-corrected chi connectivity index (χ3v) is 13.3. The molecule has 45 heavy (non-hydrogen) atoms. The smallest absolute Gasteiger partial charge is 0.303 e. The molecule has 1 aliphatic rings. The maximum atomic E-state index is 14.0. The molecule has 250 valence electrons. The molecule has 1 aromatic rings. The number of nitrogens with one attached hydrogen (secondary N) is 2. The molecule has 1 aromatic carbocycles. The number of terminal acetylenes is 1. The van der Waals surface area contributed by atoms with Crippen LogP contribution in [0, 0.1) is 17.8 Å². The highest BCUT2D eigenvalue weighted by Gasteiger charge is 2.45. The van der Waals surface area contributed by atoms with Crippen LogP contribution in [0.4, 0.5) is 0 Å². The highest BCUT2D eigenvalue weighted by Crippen LogP contribution is 2.37. The first-order valence-electron chi connectivity index (χ1n) is 15.8. The summed E-state index contributed by atoms with van der Waals surface area (Å²) in [5, 5.41) is 25.3. The first-order valence-corrected chi connectivity index (χ1v) is 18.7. The maximum absolute atomic E-state index is 14.0. The van der Waals surface area contributed by atoms with Gasteiger partial charge in [0, 0.05) is 31.4 Å². The molecule has 1 unspecified atom stereocenters. The van der Waals surface area contributed by atoms with Crippen molar-refractivity contribution in [3.05, 3.63) is 35.4 Å². The van der Waals surface area contributed by atoms with Crippen molar-refractivity contribution >= 4 is 32.0 Å². The molecular weight excluding hydrogens is 590 g/mol. The largest absolute Gasteiger partial charge is 0.481 e. The number of carboxylic acid groups (broad SMARTS) is 1. The molecule has 0 aliphatic carbocycles. The summed E-state index contributed by atoms with van der Waals surface area (Å²) in [5.74, 6) is 0.550. The zero-order valence-corrected chi connectivity index (χ0v) is 29.2. The lowest BCUT2D eigenvalue weighted by Gasteiger charge is -2.38. The number of likely N-dealkylation sites (tertiary alicyclic amines) is 1. The second-order valence-electron chi connectivity index (χ2n) is 14.6. The number of carboxylic acids is 1. The molecule has 11 heteroatoms. The molecule has 0 spiro atoms. The number of β-amino-alcohol motifs (C(OH)–C–C–N with tert-alkyl or cyclic N) is 1. The number of amides is 3. The van der Waals surface area contributed by atoms with Gasteiger partial charge in [0.05, 0.1) is 18.8 Å². The Bertz CT molecular complexity index is 1230. The van der Waals surface area contributed by atoms with E-state index in [1.54, 1.807) is 12.1 Å². The summed E-state index contributed by atoms with van der Waals surface area (Å²) in [5.41, 5.74) is 0.837. The van der Waals surface area contributed by atoms with Crippen molar-refractivity contribution in [1.29, 1.82) is 0 Å². The van der Waals surface area contributed by atoms with Crippen molar-refractivity contribution in [3.63, 3.8) is 0 Å². The maximum Gasteiger partial charge on any atom is 0.303 e. The van der Waals surface area contributed by atoms with E-state index >= 15 is 0 Å². The minimum Gasteiger partial charge on any atom is -0.481 e. The van der Waals surface area contributed by atoms with E-state index in [1.807, 2.05) is 32.9 Å². The predicted molar refractivity (Wildman–Crippen MR) is 177 cm³/mol. The molecule has 0 bridgehead atoms. The van der Waals surface area contributed by atoms with E-state index in [9.17, 15) is 24.3 Å². The normalized spacial score (nSPS) is 18.5. The number of carbonyl (C=O) groups excluding carboxylic acids is 3. The molecule has 1 saturated heterocycles. The average Bonchev–Trinajstić information content (AvgIpc) is 3.33. The Morgan fingerprint density at radius 1 is 1.02 bits per heavy atom. The Balaban J connectivity index is 2.24. The minimum absolute atomic E-state index is 0.0312. The van der Waals surface area contributed by atoms with Crippen LogP contribution in [0.25, 0.3) is 0 Å². The minimum atomic E-state index is -2.17. The average molecular weight is 644 g/mol. The van der Waals surface area contributed by atoms with Crippen LogP contribution in [0.3, 0.4) is 0 Å². The van der Waals surface area contributed by atoms with Crippen molar-refractivity contribution in [3.8, 4) is 12.3 Å². The van der Waals surface area contributed by atoms with Gasteiger partial charge in [-0.15, -0.1) is 6.42 Å². The first kappa shape index (κ1) is 38.0. The first-order chi connectivity index (χ1) is 20.8. The van der Waals surface area contributed by atoms with Gasteiger partial charge >= 0.3 is 5.97 Å². The molecule has 0 aromatic heterocycles. The number of rotatable bonds is 14. The fourth-order valence-electron chi connectivity index (χ4n) is 4.90. The van der Waals surface area contributed by atoms with Crippen LogP contribution < -0.4 is 10.6 Å². The summed E-state index contributed by atoms with van der Waals surface area (Å²) in [6.45, 7) is 16.4. The van der Waals surface area contributed by atoms with E-state index in [1.165, 1.54) is 4.90 Å². The van der Waals surface area contributed by atoms with Crippen LogP contribution in [0.1, 0.15) is 97.2 Å². The van der Waals surface area contributed by atoms with Crippen LogP contribution in [0.15, 0.2) is 24.3 Å². The Kier molecular flexibility index (Phi) is 13.4. The van der Waals surface area contributed by atoms with Crippen LogP contribution in [0.5, 0.6) is 0 Å². The number of benzene rings is 1. The lowest BCUT2D eigenvalue weighted by atomic mass is 9.85. The number of nitrogens with zero attached hydrogens (tertiary/aromatic N) is 1. The van der Waals surface area contributed by atoms with E-state index in [2.05, 4.69) is 50.4 Å². The van der Waals surface area contributed by atoms with Gasteiger partial charge < -0.3 is 30.2 Å². The number of aliphatic hydroxyl groups excluding tert-OH is 1. The van der Waals surface area contributed by atoms with Crippen molar-refractivity contribution in [2.75, 3.05) is 13.2 Å². The molecule has 1 fully saturated rings. The van der Waals surface area contributed by atoms with Gasteiger partial charge in [0.2, 0.25) is 17.7 Å². The molecule has 1 heterocycles. The summed E-state index contributed by atoms with van der Waals surface area (Å²) in [6, 6.07) is 4.93. The van der Waals surface area contributed by atoms with E-state index < -0.39 is 55.7 Å². The molecule has 3 amide bonds. The van der Waals surface area contributed by atoms with Crippen LogP contribution in [0.2, 0.25) is 18.1 Å². The van der Waals surface area contributed by atoms with E-state index in [0.717, 1.165) is 5.56 Å². The molecule has 0 radical (unpaired) electrons. The fourth-order valence-corrected chi connectivity index (χ4v) is 5.92. The lowest BCUT2D eigenvalue weighted by Crippen LogP contribution is -2.58. The highest BCUT2D eigenvalue weighted by atomic mass is 28.4. The van der Waals surface area contributed by atoms with Gasteiger partial charge in [-0.05, 0) is 54.1 Å². The van der Waals surface area contributed by atoms with Gasteiger partial charge in [-0.1, -0.05) is 66.0 Å². The fraction of sp³-hybridized carbons (Fsp3) is 0.647. The Labute approximate surface area is 269 Å². The number of hydrogen-bond donors (Lipinski definition) is 4. The third kappa shape index (κ3) is 11.3. The molecule has 4 atom stereocenters. The van der Waals surface area contributed by atoms with Gasteiger partial charge in [-0.3, -0.25) is 19.2 Å². The zero-order valence-electron chi connectivity index (χ0n) is 28.2. The summed E-state index contributed by atoms with van der Waals surface area (Å²) in [6.07, 6.45) is 6.47. The second kappa shape index (κ2) is 15.9. The number of aliphatic carboxylic acids is 1. The molecule has 10 nitrogen and oxygen atoms in total. The predicted octanol–water partition coefficient (Wildman–Crippen LogP) is 4.37. The second-order valence-corrected chi connectivity index (χ2v) is 19.4. The Hall–Kier alpha value is -3.20. The van der Waals surface area contributed by atoms with Crippen molar-refractivity contribution in [1.82, 2.24) is 15.5 Å². The number of aliphatic hydroxyl groups is 1. The SMILES string of the molecule is C#Cc1ccc([C@H](CO[Si](C)(C)C(C)(C)C)NC(=O)[C@@H]2C[C@@H](O)CN2C(=O)C(NC(=O)CCCCCC(=O)O)C(C)(C)C)cc1. The third-order valence-electron chi connectivity index (χ3n) is 8.79. The van der Waals surface area contributed by atoms with Gasteiger partial charge in [0.15, 0.2) is 8.32 Å². The summed E-state index contributed by atoms with van der Waals surface area (Å²) < 4.78 is 6.49. The standard InChI is InChI=1S/C34H53N3O7Si/c1-10-23-16-18-24(19-17-23)26(22-44-45(8,9)34(5,6)7)35-31(42)27-20-25(38)21-37(27)32(43)30(33(2,3)4)36-28(39)14-12-11-13-15-29(40)41/h1,16-19,25-27,30,38H,11-15,20-22H2,2-9H3,(H,35,42)(H,36,39)(H,40,41)/t25-,26+,27+,30?/m1/s1. The Morgan fingerprint density at radius 3 is 2.16 bits per heavy atom. The molecular formula is C34H53N3O7Si. The van der Waals surface area contributed by atoms with Gasteiger partial charge in [-0.25, -0.2) is 0 Å². The van der Waals surface area contributed by atoms with Crippen molar-refractivity contribution in [2.45, 2.75) is 122 Å². The summed E-state index contributed by atoms with van der Waals surface area (Å²) in [4.78, 5) is 52.7. The van der Waals surface area contributed by atoms with Gasteiger partial charge in [0.1, 0.15) is 12.1 Å². The molecule has 4 N–H and O–H groups in total. The van der Waals surface area contributed by atoms with E-state index in [0.29, 0.717) is 24.8 Å². The molecule has 2 rings (SSSR count). The van der Waals surface area contributed by atoms with Gasteiger partial charge in [0.25, 0.3) is 0 Å². The monoisotopic (exact) mass is 643 g/mol. The van der Waals surface area contributed by atoms with Crippen molar-refractivity contribution < 1.29 is 33.8 Å². The number of unbranched alkanes of at least 4 members (excludes halogenated alkanes) is 2. The van der Waals surface area contributed by atoms with E-state index in [4.69, 9.17) is 16.0 Å². The molecule has 0 saturated carbocycles. The summed E-state index contributed by atoms with van der Waals surface area (Å²) in [7, 11) is -2.17. The molecule has 1 aliphatic heterocycles. The zero-order chi connectivity index (χ0) is 34.2. The quantitative estimate of drug-likeness (QED) is 0.134. The summed E-state index contributed by atoms with van der Waals surface area (Å²) >= 11 is 0. The highest BCUT2D eigenvalue weighted by molar-refractivity contribution is 6.74. The van der Waals surface area contributed by atoms with Crippen molar-refractivity contribution in [2.24, 2.45) is 5.41 Å². The van der Waals surface area contributed by atoms with Crippen LogP contribution in [-0.4, -0.2) is 78.5 Å². The topological polar surface area (TPSA) is 145 Å².